The topological polar surface area (TPSA) is 77.1 Å². The van der Waals surface area contributed by atoms with E-state index < -0.39 is 0 Å². The van der Waals surface area contributed by atoms with Crippen LogP contribution in [-0.2, 0) is 17.8 Å². The Balaban J connectivity index is 1.82. The Morgan fingerprint density at radius 1 is 1.00 bits per heavy atom. The Morgan fingerprint density at radius 2 is 1.69 bits per heavy atom. The normalized spacial score (nSPS) is 12.8. The van der Waals surface area contributed by atoms with E-state index in [2.05, 4.69) is 5.32 Å². The van der Waals surface area contributed by atoms with Crippen LogP contribution in [-0.4, -0.2) is 44.6 Å². The number of nitrogens with one attached hydrogen (secondary N) is 1. The molecule has 2 amide bonds. The van der Waals surface area contributed by atoms with Crippen molar-refractivity contribution in [2.24, 2.45) is 0 Å². The summed E-state index contributed by atoms with van der Waals surface area (Å²) in [4.78, 5) is 26.7. The molecular weight excluding hydrogens is 372 g/mol. The Bertz CT molecular complexity index is 900. The number of hydrogen-bond acceptors (Lipinski definition) is 5. The number of rotatable bonds is 6. The largest absolute Gasteiger partial charge is 0.493 e. The zero-order valence-electron chi connectivity index (χ0n) is 17.2. The Morgan fingerprint density at radius 3 is 2.28 bits per heavy atom. The number of anilines is 1. The molecule has 1 heterocycles. The minimum absolute atomic E-state index is 0.141. The van der Waals surface area contributed by atoms with Crippen LogP contribution in [0.5, 0.6) is 17.2 Å². The van der Waals surface area contributed by atoms with Crippen molar-refractivity contribution >= 4 is 17.5 Å². The molecule has 0 aromatic heterocycles. The maximum atomic E-state index is 12.8. The van der Waals surface area contributed by atoms with Gasteiger partial charge < -0.3 is 24.4 Å². The third-order valence-corrected chi connectivity index (χ3v) is 5.06. The summed E-state index contributed by atoms with van der Waals surface area (Å²) in [7, 11) is 4.53. The van der Waals surface area contributed by atoms with Crippen LogP contribution in [0.4, 0.5) is 5.69 Å². The van der Waals surface area contributed by atoms with Crippen LogP contribution in [0.3, 0.4) is 0 Å². The quantitative estimate of drug-likeness (QED) is 0.808. The summed E-state index contributed by atoms with van der Waals surface area (Å²) >= 11 is 0. The van der Waals surface area contributed by atoms with E-state index in [1.807, 2.05) is 30.0 Å². The van der Waals surface area contributed by atoms with E-state index >= 15 is 0 Å². The van der Waals surface area contributed by atoms with Crippen LogP contribution in [0.15, 0.2) is 30.3 Å². The lowest BCUT2D eigenvalue weighted by Crippen LogP contribution is -2.35. The summed E-state index contributed by atoms with van der Waals surface area (Å²) in [6, 6.07) is 9.04. The Hall–Kier alpha value is -3.22. The first-order valence-corrected chi connectivity index (χ1v) is 9.51. The molecule has 7 nitrogen and oxygen atoms in total. The highest BCUT2D eigenvalue weighted by Gasteiger charge is 2.21. The second kappa shape index (κ2) is 8.86. The molecule has 7 heteroatoms. The highest BCUT2D eigenvalue weighted by molar-refractivity contribution is 6.05. The maximum Gasteiger partial charge on any atom is 0.255 e. The number of nitrogens with zero attached hydrogens (tertiary/aromatic N) is 1. The predicted octanol–water partition coefficient (Wildman–Crippen LogP) is 3.26. The van der Waals surface area contributed by atoms with Gasteiger partial charge in [-0.3, -0.25) is 9.59 Å². The zero-order valence-corrected chi connectivity index (χ0v) is 17.2. The van der Waals surface area contributed by atoms with Crippen LogP contribution in [0.25, 0.3) is 0 Å². The maximum absolute atomic E-state index is 12.8. The lowest BCUT2D eigenvalue weighted by Gasteiger charge is -2.29. The summed E-state index contributed by atoms with van der Waals surface area (Å²) in [5.74, 6) is 1.11. The van der Waals surface area contributed by atoms with Crippen LogP contribution in [0, 0.1) is 0 Å². The number of methoxy groups -OCH3 is 3. The molecule has 2 aromatic rings. The standard InChI is InChI=1S/C22H26N2O5/c1-5-20(25)24-9-8-14-6-7-17(10-16(14)13-24)23-22(26)15-11-18(27-2)21(29-4)19(12-15)28-3/h6-7,10-12H,5,8-9,13H2,1-4H3,(H,23,26). The van der Waals surface area contributed by atoms with Crippen LogP contribution in [0.1, 0.15) is 34.8 Å². The monoisotopic (exact) mass is 398 g/mol. The first-order chi connectivity index (χ1) is 14.0. The molecule has 3 rings (SSSR count). The third kappa shape index (κ3) is 4.29. The van der Waals surface area contributed by atoms with E-state index in [1.54, 1.807) is 12.1 Å². The van der Waals surface area contributed by atoms with Crippen molar-refractivity contribution in [3.8, 4) is 17.2 Å². The van der Waals surface area contributed by atoms with Gasteiger partial charge in [-0.05, 0) is 41.8 Å². The van der Waals surface area contributed by atoms with Gasteiger partial charge in [0.05, 0.1) is 21.3 Å². The van der Waals surface area contributed by atoms with E-state index in [1.165, 1.54) is 26.9 Å². The van der Waals surface area contributed by atoms with Gasteiger partial charge >= 0.3 is 0 Å². The summed E-state index contributed by atoms with van der Waals surface area (Å²) in [5, 5.41) is 2.91. The van der Waals surface area contributed by atoms with Crippen LogP contribution >= 0.6 is 0 Å². The molecule has 0 radical (unpaired) electrons. The van der Waals surface area contributed by atoms with Gasteiger partial charge in [0.25, 0.3) is 5.91 Å². The molecule has 0 fully saturated rings. The van der Waals surface area contributed by atoms with Gasteiger partial charge in [0.2, 0.25) is 11.7 Å². The number of carbonyl (C=O) groups is 2. The number of carbonyl (C=O) groups excluding carboxylic acids is 2. The Kier molecular flexibility index (Phi) is 6.26. The summed E-state index contributed by atoms with van der Waals surface area (Å²) in [5.41, 5.74) is 3.32. The molecule has 2 aromatic carbocycles. The molecule has 0 unspecified atom stereocenters. The fourth-order valence-electron chi connectivity index (χ4n) is 3.49. The summed E-state index contributed by atoms with van der Waals surface area (Å²) in [6.07, 6.45) is 1.31. The molecule has 1 aliphatic heterocycles. The predicted molar refractivity (Wildman–Crippen MR) is 110 cm³/mol. The molecule has 1 N–H and O–H groups in total. The lowest BCUT2D eigenvalue weighted by molar-refractivity contribution is -0.131. The molecule has 0 saturated carbocycles. The van der Waals surface area contributed by atoms with Gasteiger partial charge in [-0.25, -0.2) is 0 Å². The minimum atomic E-state index is -0.290. The highest BCUT2D eigenvalue weighted by Crippen LogP contribution is 2.38. The summed E-state index contributed by atoms with van der Waals surface area (Å²) < 4.78 is 15.9. The molecule has 0 aliphatic carbocycles. The zero-order chi connectivity index (χ0) is 21.0. The highest BCUT2D eigenvalue weighted by atomic mass is 16.5. The van der Waals surface area contributed by atoms with Crippen molar-refractivity contribution in [3.63, 3.8) is 0 Å². The van der Waals surface area contributed by atoms with Gasteiger partial charge in [-0.15, -0.1) is 0 Å². The molecule has 0 atom stereocenters. The minimum Gasteiger partial charge on any atom is -0.493 e. The molecule has 0 saturated heterocycles. The summed E-state index contributed by atoms with van der Waals surface area (Å²) in [6.45, 7) is 3.17. The van der Waals surface area contributed by atoms with Crippen molar-refractivity contribution in [3.05, 3.63) is 47.0 Å². The van der Waals surface area contributed by atoms with E-state index in [9.17, 15) is 9.59 Å². The number of benzene rings is 2. The van der Waals surface area contributed by atoms with Crippen LogP contribution in [0.2, 0.25) is 0 Å². The molecule has 0 spiro atoms. The Labute approximate surface area is 170 Å². The van der Waals surface area contributed by atoms with Gasteiger partial charge in [-0.2, -0.15) is 0 Å². The second-order valence-electron chi connectivity index (χ2n) is 6.77. The van der Waals surface area contributed by atoms with Crippen molar-refractivity contribution in [2.45, 2.75) is 26.3 Å². The van der Waals surface area contributed by atoms with Crippen molar-refractivity contribution in [1.82, 2.24) is 4.90 Å². The van der Waals surface area contributed by atoms with Gasteiger partial charge in [-0.1, -0.05) is 13.0 Å². The van der Waals surface area contributed by atoms with Crippen molar-refractivity contribution in [1.29, 1.82) is 0 Å². The average Bonchev–Trinajstić information content (AvgIpc) is 2.76. The molecular formula is C22H26N2O5. The first kappa shape index (κ1) is 20.5. The molecule has 0 bridgehead atoms. The van der Waals surface area contributed by atoms with Gasteiger partial charge in [0, 0.05) is 30.8 Å². The first-order valence-electron chi connectivity index (χ1n) is 9.51. The molecule has 29 heavy (non-hydrogen) atoms. The molecule has 1 aliphatic rings. The van der Waals surface area contributed by atoms with Gasteiger partial charge in [0.1, 0.15) is 0 Å². The lowest BCUT2D eigenvalue weighted by atomic mass is 9.98. The number of ether oxygens (including phenoxy) is 3. The second-order valence-corrected chi connectivity index (χ2v) is 6.77. The SMILES string of the molecule is CCC(=O)N1CCc2ccc(NC(=O)c3cc(OC)c(OC)c(OC)c3)cc2C1. The van der Waals surface area contributed by atoms with E-state index in [0.29, 0.717) is 41.5 Å². The van der Waals surface area contributed by atoms with E-state index in [-0.39, 0.29) is 11.8 Å². The smallest absolute Gasteiger partial charge is 0.255 e. The van der Waals surface area contributed by atoms with E-state index in [0.717, 1.165) is 18.5 Å². The van der Waals surface area contributed by atoms with Crippen molar-refractivity contribution < 1.29 is 23.8 Å². The fraction of sp³-hybridized carbons (Fsp3) is 0.364. The van der Waals surface area contributed by atoms with E-state index in [4.69, 9.17) is 14.2 Å². The molecule has 154 valence electrons. The average molecular weight is 398 g/mol. The number of fused-ring (bicyclic) bond motifs is 1. The van der Waals surface area contributed by atoms with Crippen LogP contribution < -0.4 is 19.5 Å². The van der Waals surface area contributed by atoms with Gasteiger partial charge in [0.15, 0.2) is 11.5 Å². The van der Waals surface area contributed by atoms with Crippen molar-refractivity contribution in [2.75, 3.05) is 33.2 Å². The number of hydrogen-bond donors (Lipinski definition) is 1. The fourth-order valence-corrected chi connectivity index (χ4v) is 3.49. The third-order valence-electron chi connectivity index (χ3n) is 5.06. The number of amides is 2.